The lowest BCUT2D eigenvalue weighted by Crippen LogP contribution is -2.31. The monoisotopic (exact) mass is 422 g/mol. The normalized spacial score (nSPS) is 14.9. The molecule has 31 heavy (non-hydrogen) atoms. The number of benzene rings is 2. The second kappa shape index (κ2) is 10.1. The van der Waals surface area contributed by atoms with Gasteiger partial charge in [-0.2, -0.15) is 0 Å². The van der Waals surface area contributed by atoms with Gasteiger partial charge in [-0.3, -0.25) is 4.79 Å². The molecule has 0 unspecified atom stereocenters. The van der Waals surface area contributed by atoms with Gasteiger partial charge in [0.15, 0.2) is 0 Å². The van der Waals surface area contributed by atoms with Gasteiger partial charge in [-0.05, 0) is 93.0 Å². The number of aryl methyl sites for hydroxylation is 2. The topological polar surface area (TPSA) is 41.1 Å². The highest BCUT2D eigenvalue weighted by Crippen LogP contribution is 2.33. The van der Waals surface area contributed by atoms with E-state index in [0.29, 0.717) is 11.6 Å². The quantitative estimate of drug-likeness (QED) is 0.483. The molecule has 0 saturated heterocycles. The van der Waals surface area contributed by atoms with Crippen LogP contribution in [0.25, 0.3) is 16.7 Å². The van der Waals surface area contributed by atoms with E-state index in [-0.39, 0.29) is 17.8 Å². The van der Waals surface area contributed by atoms with Crippen molar-refractivity contribution < 1.29 is 9.18 Å². The van der Waals surface area contributed by atoms with Gasteiger partial charge in [0, 0.05) is 29.4 Å². The number of rotatable bonds is 7. The Kier molecular flexibility index (Phi) is 7.53. The van der Waals surface area contributed by atoms with Gasteiger partial charge in [-0.15, -0.1) is 0 Å². The summed E-state index contributed by atoms with van der Waals surface area (Å²) >= 11 is 0. The Morgan fingerprint density at radius 2 is 1.81 bits per heavy atom. The molecule has 1 amide bonds. The maximum Gasteiger partial charge on any atom is 0.244 e. The van der Waals surface area contributed by atoms with Gasteiger partial charge in [0.25, 0.3) is 0 Å². The lowest BCUT2D eigenvalue weighted by molar-refractivity contribution is -0.117. The van der Waals surface area contributed by atoms with Crippen LogP contribution in [0.1, 0.15) is 69.6 Å². The van der Waals surface area contributed by atoms with E-state index in [1.807, 2.05) is 45.9 Å². The predicted octanol–water partition coefficient (Wildman–Crippen LogP) is 6.78. The summed E-state index contributed by atoms with van der Waals surface area (Å²) in [6.45, 7) is 10.2. The van der Waals surface area contributed by atoms with Crippen LogP contribution in [0.2, 0.25) is 0 Å². The highest BCUT2D eigenvalue weighted by atomic mass is 19.1. The van der Waals surface area contributed by atoms with E-state index in [1.165, 1.54) is 12.8 Å². The average molecular weight is 423 g/mol. The summed E-state index contributed by atoms with van der Waals surface area (Å²) in [5.74, 6) is -0.243. The SMILES string of the molecule is CCC(=CC(=O)NC1CCCC1)c1cc(C)c(-c2ccc(NC(C)C)cc2F)cc1C. The van der Waals surface area contributed by atoms with Crippen molar-refractivity contribution in [3.8, 4) is 11.1 Å². The minimum absolute atomic E-state index is 0.0100. The first-order valence-corrected chi connectivity index (χ1v) is 11.5. The molecule has 0 spiro atoms. The van der Waals surface area contributed by atoms with E-state index in [9.17, 15) is 9.18 Å². The zero-order valence-corrected chi connectivity index (χ0v) is 19.4. The molecule has 0 atom stereocenters. The molecule has 1 aliphatic rings. The fraction of sp³-hybridized carbons (Fsp3) is 0.444. The summed E-state index contributed by atoms with van der Waals surface area (Å²) < 4.78 is 14.9. The third kappa shape index (κ3) is 5.75. The molecule has 1 aliphatic carbocycles. The first-order chi connectivity index (χ1) is 14.8. The van der Waals surface area contributed by atoms with Crippen LogP contribution in [0.15, 0.2) is 36.4 Å². The lowest BCUT2D eigenvalue weighted by Gasteiger charge is -2.17. The van der Waals surface area contributed by atoms with E-state index < -0.39 is 0 Å². The Morgan fingerprint density at radius 1 is 1.10 bits per heavy atom. The number of nitrogens with one attached hydrogen (secondary N) is 2. The molecule has 4 heteroatoms. The van der Waals surface area contributed by atoms with Crippen LogP contribution in [0.3, 0.4) is 0 Å². The first-order valence-electron chi connectivity index (χ1n) is 11.5. The van der Waals surface area contributed by atoms with Gasteiger partial charge in [-0.1, -0.05) is 31.9 Å². The maximum atomic E-state index is 14.9. The van der Waals surface area contributed by atoms with Gasteiger partial charge < -0.3 is 10.6 Å². The molecule has 166 valence electrons. The van der Waals surface area contributed by atoms with Crippen LogP contribution < -0.4 is 10.6 Å². The molecule has 2 aromatic carbocycles. The summed E-state index contributed by atoms with van der Waals surface area (Å²) in [7, 11) is 0. The van der Waals surface area contributed by atoms with Crippen molar-refractivity contribution in [3.63, 3.8) is 0 Å². The number of anilines is 1. The van der Waals surface area contributed by atoms with E-state index in [0.717, 1.165) is 52.8 Å². The average Bonchev–Trinajstić information content (AvgIpc) is 3.20. The van der Waals surface area contributed by atoms with Gasteiger partial charge >= 0.3 is 0 Å². The second-order valence-electron chi connectivity index (χ2n) is 8.99. The molecular weight excluding hydrogens is 387 g/mol. The maximum absolute atomic E-state index is 14.9. The third-order valence-electron chi connectivity index (χ3n) is 6.02. The Balaban J connectivity index is 1.88. The van der Waals surface area contributed by atoms with E-state index in [4.69, 9.17) is 0 Å². The number of carbonyl (C=O) groups is 1. The molecular formula is C27H35FN2O. The number of carbonyl (C=O) groups excluding carboxylic acids is 1. The van der Waals surface area contributed by atoms with Crippen molar-refractivity contribution in [1.29, 1.82) is 0 Å². The predicted molar refractivity (Wildman–Crippen MR) is 129 cm³/mol. The summed E-state index contributed by atoms with van der Waals surface area (Å²) in [4.78, 5) is 12.5. The molecule has 3 nitrogen and oxygen atoms in total. The fourth-order valence-electron chi connectivity index (χ4n) is 4.45. The van der Waals surface area contributed by atoms with Crippen molar-refractivity contribution in [1.82, 2.24) is 5.32 Å². The number of halogens is 1. The van der Waals surface area contributed by atoms with Crippen LogP contribution in [-0.4, -0.2) is 18.0 Å². The number of allylic oxidation sites excluding steroid dienone is 1. The van der Waals surface area contributed by atoms with Crippen molar-refractivity contribution in [2.45, 2.75) is 78.8 Å². The van der Waals surface area contributed by atoms with Crippen molar-refractivity contribution in [3.05, 3.63) is 58.9 Å². The summed E-state index contributed by atoms with van der Waals surface area (Å²) in [6, 6.07) is 10.0. The van der Waals surface area contributed by atoms with Crippen molar-refractivity contribution in [2.75, 3.05) is 5.32 Å². The van der Waals surface area contributed by atoms with Gasteiger partial charge in [0.1, 0.15) is 5.82 Å². The van der Waals surface area contributed by atoms with Gasteiger partial charge in [0.2, 0.25) is 5.91 Å². The Bertz CT molecular complexity index is 971. The highest BCUT2D eigenvalue weighted by molar-refractivity contribution is 5.96. The molecule has 2 aromatic rings. The van der Waals surface area contributed by atoms with Gasteiger partial charge in [-0.25, -0.2) is 4.39 Å². The van der Waals surface area contributed by atoms with Crippen LogP contribution in [0.4, 0.5) is 10.1 Å². The lowest BCUT2D eigenvalue weighted by atomic mass is 9.90. The first kappa shape index (κ1) is 23.1. The second-order valence-corrected chi connectivity index (χ2v) is 8.99. The van der Waals surface area contributed by atoms with E-state index in [1.54, 1.807) is 12.1 Å². The molecule has 0 aliphatic heterocycles. The van der Waals surface area contributed by atoms with E-state index >= 15 is 0 Å². The smallest absolute Gasteiger partial charge is 0.244 e. The molecule has 0 radical (unpaired) electrons. The van der Waals surface area contributed by atoms with Crippen LogP contribution >= 0.6 is 0 Å². The summed E-state index contributed by atoms with van der Waals surface area (Å²) in [5.41, 5.74) is 6.39. The van der Waals surface area contributed by atoms with Crippen LogP contribution in [-0.2, 0) is 4.79 Å². The number of hydrogen-bond donors (Lipinski definition) is 2. The van der Waals surface area contributed by atoms with Crippen molar-refractivity contribution >= 4 is 17.2 Å². The molecule has 3 rings (SSSR count). The molecule has 0 aromatic heterocycles. The molecule has 2 N–H and O–H groups in total. The van der Waals surface area contributed by atoms with Crippen LogP contribution in [0.5, 0.6) is 0 Å². The Morgan fingerprint density at radius 3 is 2.42 bits per heavy atom. The van der Waals surface area contributed by atoms with Crippen LogP contribution in [0, 0.1) is 19.7 Å². The number of hydrogen-bond acceptors (Lipinski definition) is 2. The number of amides is 1. The molecule has 0 heterocycles. The summed E-state index contributed by atoms with van der Waals surface area (Å²) in [5, 5.41) is 6.38. The highest BCUT2D eigenvalue weighted by Gasteiger charge is 2.17. The van der Waals surface area contributed by atoms with Crippen molar-refractivity contribution in [2.24, 2.45) is 0 Å². The molecule has 0 bridgehead atoms. The Labute approximate surface area is 186 Å². The third-order valence-corrected chi connectivity index (χ3v) is 6.02. The molecule has 1 saturated carbocycles. The zero-order chi connectivity index (χ0) is 22.5. The minimum Gasteiger partial charge on any atom is -0.383 e. The fourth-order valence-corrected chi connectivity index (χ4v) is 4.45. The van der Waals surface area contributed by atoms with E-state index in [2.05, 4.69) is 23.6 Å². The minimum atomic E-state index is -0.233. The van der Waals surface area contributed by atoms with Gasteiger partial charge in [0.05, 0.1) is 0 Å². The Hall–Kier alpha value is -2.62. The molecule has 1 fully saturated rings. The summed E-state index contributed by atoms with van der Waals surface area (Å²) in [6.07, 6.45) is 7.05. The standard InChI is InChI=1S/C27H35FN2O/c1-6-20(15-27(31)30-21-9-7-8-10-21)24-13-19(5)25(14-18(24)4)23-12-11-22(16-26(23)28)29-17(2)3/h11-17,21,29H,6-10H2,1-5H3,(H,30,31). The zero-order valence-electron chi connectivity index (χ0n) is 19.4. The largest absolute Gasteiger partial charge is 0.383 e.